The number of likely N-dealkylation sites (tertiary alicyclic amines) is 1. The van der Waals surface area contributed by atoms with Gasteiger partial charge in [0.25, 0.3) is 5.91 Å². The van der Waals surface area contributed by atoms with Crippen LogP contribution in [0.5, 0.6) is 0 Å². The van der Waals surface area contributed by atoms with Crippen molar-refractivity contribution in [3.63, 3.8) is 0 Å². The summed E-state index contributed by atoms with van der Waals surface area (Å²) in [4.78, 5) is 25.8. The number of carboxylic acid groups (broad SMARTS) is 1. The van der Waals surface area contributed by atoms with E-state index in [1.807, 2.05) is 23.1 Å². The van der Waals surface area contributed by atoms with E-state index in [1.54, 1.807) is 6.92 Å². The summed E-state index contributed by atoms with van der Waals surface area (Å²) in [6, 6.07) is 10.3. The molecule has 2 unspecified atom stereocenters. The fourth-order valence-corrected chi connectivity index (χ4v) is 3.57. The first-order valence-electron chi connectivity index (χ1n) is 8.13. The van der Waals surface area contributed by atoms with Crippen LogP contribution in [0.25, 0.3) is 0 Å². The minimum Gasteiger partial charge on any atom is -0.481 e. The first-order chi connectivity index (χ1) is 11.5. The van der Waals surface area contributed by atoms with Gasteiger partial charge in [-0.15, -0.1) is 0 Å². The predicted molar refractivity (Wildman–Crippen MR) is 89.1 cm³/mol. The van der Waals surface area contributed by atoms with Crippen LogP contribution in [-0.4, -0.2) is 34.5 Å². The highest BCUT2D eigenvalue weighted by atomic mass is 16.4. The topological polar surface area (TPSA) is 70.7 Å². The maximum atomic E-state index is 13.0. The Morgan fingerprint density at radius 1 is 1.29 bits per heavy atom. The van der Waals surface area contributed by atoms with Gasteiger partial charge in [-0.05, 0) is 25.8 Å². The maximum Gasteiger partial charge on any atom is 0.311 e. The number of aliphatic carboxylic acids is 1. The number of aryl methyl sites for hydroxylation is 1. The van der Waals surface area contributed by atoms with Gasteiger partial charge in [0.2, 0.25) is 0 Å². The van der Waals surface area contributed by atoms with E-state index in [-0.39, 0.29) is 24.1 Å². The molecular formula is C19H21NO4. The van der Waals surface area contributed by atoms with Crippen molar-refractivity contribution in [2.24, 2.45) is 0 Å². The first-order valence-corrected chi connectivity index (χ1v) is 8.13. The van der Waals surface area contributed by atoms with Gasteiger partial charge < -0.3 is 14.4 Å². The molecule has 2 heterocycles. The molecule has 5 heteroatoms. The third-order valence-electron chi connectivity index (χ3n) is 4.82. The molecule has 0 saturated carbocycles. The van der Waals surface area contributed by atoms with E-state index in [0.717, 1.165) is 6.42 Å². The molecule has 0 aliphatic carbocycles. The molecule has 126 valence electrons. The SMILES string of the molecule is Cc1coc(CC(=O)O)c1C(=O)N1CCC(c2ccccc2)C1C. The monoisotopic (exact) mass is 327 g/mol. The molecule has 1 aromatic heterocycles. The highest BCUT2D eigenvalue weighted by molar-refractivity contribution is 5.97. The molecule has 1 amide bonds. The average Bonchev–Trinajstić information content (AvgIpc) is 3.10. The zero-order valence-corrected chi connectivity index (χ0v) is 13.9. The molecule has 1 N–H and O–H groups in total. The minimum absolute atomic E-state index is 0.0619. The summed E-state index contributed by atoms with van der Waals surface area (Å²) in [5.74, 6) is -0.607. The molecule has 1 aliphatic rings. The van der Waals surface area contributed by atoms with Crippen molar-refractivity contribution >= 4 is 11.9 Å². The standard InChI is InChI=1S/C19H21NO4/c1-12-11-24-16(10-17(21)22)18(12)19(23)20-9-8-15(13(20)2)14-6-4-3-5-7-14/h3-7,11,13,15H,8-10H2,1-2H3,(H,21,22). The Morgan fingerprint density at radius 2 is 2.00 bits per heavy atom. The molecule has 5 nitrogen and oxygen atoms in total. The quantitative estimate of drug-likeness (QED) is 0.936. The Hall–Kier alpha value is -2.56. The van der Waals surface area contributed by atoms with E-state index in [0.29, 0.717) is 23.6 Å². The number of benzene rings is 1. The number of hydrogen-bond acceptors (Lipinski definition) is 3. The van der Waals surface area contributed by atoms with Gasteiger partial charge in [0.1, 0.15) is 12.2 Å². The lowest BCUT2D eigenvalue weighted by atomic mass is 9.93. The van der Waals surface area contributed by atoms with E-state index >= 15 is 0 Å². The molecule has 0 bridgehead atoms. The van der Waals surface area contributed by atoms with Crippen LogP contribution < -0.4 is 0 Å². The Bertz CT molecular complexity index is 750. The van der Waals surface area contributed by atoms with Gasteiger partial charge in [0.15, 0.2) is 0 Å². The van der Waals surface area contributed by atoms with E-state index in [1.165, 1.54) is 11.8 Å². The van der Waals surface area contributed by atoms with Crippen molar-refractivity contribution in [2.45, 2.75) is 38.6 Å². The lowest BCUT2D eigenvalue weighted by molar-refractivity contribution is -0.136. The molecule has 1 fully saturated rings. The van der Waals surface area contributed by atoms with Gasteiger partial charge in [-0.25, -0.2) is 0 Å². The normalized spacial score (nSPS) is 20.3. The minimum atomic E-state index is -1.00. The summed E-state index contributed by atoms with van der Waals surface area (Å²) in [5, 5.41) is 9.01. The summed E-state index contributed by atoms with van der Waals surface area (Å²) in [7, 11) is 0. The Morgan fingerprint density at radius 3 is 2.67 bits per heavy atom. The molecule has 0 radical (unpaired) electrons. The van der Waals surface area contributed by atoms with E-state index in [4.69, 9.17) is 9.52 Å². The molecule has 1 aromatic carbocycles. The number of carboxylic acids is 1. The zero-order valence-electron chi connectivity index (χ0n) is 13.9. The lowest BCUT2D eigenvalue weighted by Gasteiger charge is -2.25. The van der Waals surface area contributed by atoms with Gasteiger partial charge in [-0.1, -0.05) is 30.3 Å². The summed E-state index contributed by atoms with van der Waals surface area (Å²) >= 11 is 0. The van der Waals surface area contributed by atoms with Gasteiger partial charge in [0, 0.05) is 24.1 Å². The highest BCUT2D eigenvalue weighted by Gasteiger charge is 2.37. The van der Waals surface area contributed by atoms with Crippen LogP contribution in [0.2, 0.25) is 0 Å². The van der Waals surface area contributed by atoms with Crippen molar-refractivity contribution in [3.05, 3.63) is 59.0 Å². The number of amides is 1. The lowest BCUT2D eigenvalue weighted by Crippen LogP contribution is -2.36. The van der Waals surface area contributed by atoms with Crippen LogP contribution in [-0.2, 0) is 11.2 Å². The van der Waals surface area contributed by atoms with Crippen LogP contribution in [0.3, 0.4) is 0 Å². The number of furan rings is 1. The number of carbonyl (C=O) groups excluding carboxylic acids is 1. The summed E-state index contributed by atoms with van der Waals surface area (Å²) in [6.45, 7) is 4.49. The number of nitrogens with zero attached hydrogens (tertiary/aromatic N) is 1. The Kier molecular flexibility index (Phi) is 4.42. The number of hydrogen-bond donors (Lipinski definition) is 1. The first kappa shape index (κ1) is 16.3. The molecule has 2 aromatic rings. The smallest absolute Gasteiger partial charge is 0.311 e. The fourth-order valence-electron chi connectivity index (χ4n) is 3.57. The van der Waals surface area contributed by atoms with Gasteiger partial charge in [-0.2, -0.15) is 0 Å². The molecule has 24 heavy (non-hydrogen) atoms. The predicted octanol–water partition coefficient (Wildman–Crippen LogP) is 3.23. The van der Waals surface area contributed by atoms with Crippen LogP contribution >= 0.6 is 0 Å². The van der Waals surface area contributed by atoms with E-state index in [2.05, 4.69) is 19.1 Å². The third-order valence-corrected chi connectivity index (χ3v) is 4.82. The number of rotatable bonds is 4. The van der Waals surface area contributed by atoms with Gasteiger partial charge in [-0.3, -0.25) is 9.59 Å². The highest BCUT2D eigenvalue weighted by Crippen LogP contribution is 2.35. The zero-order chi connectivity index (χ0) is 17.3. The van der Waals surface area contributed by atoms with E-state index in [9.17, 15) is 9.59 Å². The second-order valence-corrected chi connectivity index (χ2v) is 6.33. The van der Waals surface area contributed by atoms with Crippen molar-refractivity contribution < 1.29 is 19.1 Å². The van der Waals surface area contributed by atoms with Crippen LogP contribution in [0.1, 0.15) is 46.5 Å². The summed E-state index contributed by atoms with van der Waals surface area (Å²) in [6.07, 6.45) is 2.09. The van der Waals surface area contributed by atoms with E-state index < -0.39 is 5.97 Å². The molecule has 3 rings (SSSR count). The van der Waals surface area contributed by atoms with Crippen LogP contribution in [0, 0.1) is 6.92 Å². The average molecular weight is 327 g/mol. The Labute approximate surface area is 140 Å². The molecule has 2 atom stereocenters. The van der Waals surface area contributed by atoms with Crippen LogP contribution in [0.4, 0.5) is 0 Å². The molecule has 1 aliphatic heterocycles. The van der Waals surface area contributed by atoms with Crippen molar-refractivity contribution in [3.8, 4) is 0 Å². The van der Waals surface area contributed by atoms with Crippen molar-refractivity contribution in [1.82, 2.24) is 4.90 Å². The Balaban J connectivity index is 1.84. The molecule has 0 spiro atoms. The number of carbonyl (C=O) groups is 2. The van der Waals surface area contributed by atoms with Crippen LogP contribution in [0.15, 0.2) is 41.0 Å². The van der Waals surface area contributed by atoms with Gasteiger partial charge in [0.05, 0.1) is 11.8 Å². The summed E-state index contributed by atoms with van der Waals surface area (Å²) < 4.78 is 5.31. The van der Waals surface area contributed by atoms with Crippen molar-refractivity contribution in [2.75, 3.05) is 6.54 Å². The fraction of sp³-hybridized carbons (Fsp3) is 0.368. The third kappa shape index (κ3) is 2.94. The second kappa shape index (κ2) is 6.51. The maximum absolute atomic E-state index is 13.0. The second-order valence-electron chi connectivity index (χ2n) is 6.33. The summed E-state index contributed by atoms with van der Waals surface area (Å²) in [5.41, 5.74) is 2.32. The van der Waals surface area contributed by atoms with Crippen molar-refractivity contribution in [1.29, 1.82) is 0 Å². The van der Waals surface area contributed by atoms with Gasteiger partial charge >= 0.3 is 5.97 Å². The largest absolute Gasteiger partial charge is 0.481 e. The molecule has 1 saturated heterocycles. The molecular weight excluding hydrogens is 306 g/mol.